The molecule has 20 heavy (non-hydrogen) atoms. The van der Waals surface area contributed by atoms with Crippen LogP contribution >= 0.6 is 11.6 Å². The molecule has 4 nitrogen and oxygen atoms in total. The van der Waals surface area contributed by atoms with E-state index in [4.69, 9.17) is 16.3 Å². The van der Waals surface area contributed by atoms with Crippen molar-refractivity contribution in [3.63, 3.8) is 0 Å². The fourth-order valence-electron chi connectivity index (χ4n) is 2.20. The molecule has 5 heteroatoms. The minimum absolute atomic E-state index is 0.0304. The third-order valence-electron chi connectivity index (χ3n) is 3.54. The zero-order valence-electron chi connectivity index (χ0n) is 11.9. The molecule has 1 atom stereocenters. The minimum Gasteiger partial charge on any atom is -0.363 e. The summed E-state index contributed by atoms with van der Waals surface area (Å²) in [5, 5.41) is 6.81. The fraction of sp³-hybridized carbons (Fsp3) is 0.533. The number of nitrogens with one attached hydrogen (secondary N) is 2. The number of hydrogen-bond acceptors (Lipinski definition) is 3. The van der Waals surface area contributed by atoms with Gasteiger partial charge < -0.3 is 15.4 Å². The van der Waals surface area contributed by atoms with Crippen LogP contribution in [-0.2, 0) is 9.53 Å². The van der Waals surface area contributed by atoms with E-state index in [-0.39, 0.29) is 24.2 Å². The first-order valence-electron chi connectivity index (χ1n) is 6.92. The van der Waals surface area contributed by atoms with E-state index in [2.05, 4.69) is 10.6 Å². The Labute approximate surface area is 124 Å². The highest BCUT2D eigenvalue weighted by Crippen LogP contribution is 2.20. The molecule has 1 aromatic carbocycles. The number of benzene rings is 1. The SMILES string of the molecule is CCC(NC(=O)COC1(C)CNC1)c1cccc(Cl)c1. The molecule has 1 amide bonds. The Kier molecular flexibility index (Phi) is 5.02. The Hall–Kier alpha value is -1.10. The molecule has 1 fully saturated rings. The van der Waals surface area contributed by atoms with Crippen LogP contribution in [0.5, 0.6) is 0 Å². The van der Waals surface area contributed by atoms with Gasteiger partial charge in [0.1, 0.15) is 6.61 Å². The highest BCUT2D eigenvalue weighted by Gasteiger charge is 2.33. The van der Waals surface area contributed by atoms with Gasteiger partial charge in [0, 0.05) is 18.1 Å². The largest absolute Gasteiger partial charge is 0.363 e. The van der Waals surface area contributed by atoms with Crippen LogP contribution in [0.2, 0.25) is 5.02 Å². The molecular weight excluding hydrogens is 276 g/mol. The summed E-state index contributed by atoms with van der Waals surface area (Å²) in [6, 6.07) is 7.54. The lowest BCUT2D eigenvalue weighted by molar-refractivity contribution is -0.136. The first-order chi connectivity index (χ1) is 9.52. The standard InChI is InChI=1S/C15H21ClN2O2/c1-3-13(11-5-4-6-12(16)7-11)18-14(19)8-20-15(2)9-17-10-15/h4-7,13,17H,3,8-10H2,1-2H3,(H,18,19). The Morgan fingerprint density at radius 3 is 2.85 bits per heavy atom. The Bertz CT molecular complexity index is 475. The smallest absolute Gasteiger partial charge is 0.246 e. The highest BCUT2D eigenvalue weighted by molar-refractivity contribution is 6.30. The second-order valence-electron chi connectivity index (χ2n) is 5.43. The Morgan fingerprint density at radius 2 is 2.30 bits per heavy atom. The Balaban J connectivity index is 1.87. The molecule has 0 saturated carbocycles. The number of hydrogen-bond donors (Lipinski definition) is 2. The molecule has 0 aliphatic carbocycles. The summed E-state index contributed by atoms with van der Waals surface area (Å²) < 4.78 is 5.63. The number of amides is 1. The molecule has 1 aromatic rings. The maximum absolute atomic E-state index is 12.0. The van der Waals surface area contributed by atoms with E-state index >= 15 is 0 Å². The molecule has 110 valence electrons. The van der Waals surface area contributed by atoms with Crippen LogP contribution in [0.3, 0.4) is 0 Å². The van der Waals surface area contributed by atoms with Crippen LogP contribution in [0, 0.1) is 0 Å². The van der Waals surface area contributed by atoms with Crippen LogP contribution in [-0.4, -0.2) is 31.2 Å². The zero-order chi connectivity index (χ0) is 14.6. The van der Waals surface area contributed by atoms with Gasteiger partial charge in [0.25, 0.3) is 0 Å². The molecular formula is C15H21ClN2O2. The zero-order valence-corrected chi connectivity index (χ0v) is 12.7. The van der Waals surface area contributed by atoms with Crippen LogP contribution in [0.15, 0.2) is 24.3 Å². The number of carbonyl (C=O) groups is 1. The van der Waals surface area contributed by atoms with E-state index in [1.807, 2.05) is 38.1 Å². The molecule has 0 bridgehead atoms. The molecule has 1 aliphatic heterocycles. The molecule has 2 rings (SSSR count). The summed E-state index contributed by atoms with van der Waals surface area (Å²) >= 11 is 5.99. The molecule has 0 spiro atoms. The number of ether oxygens (including phenoxy) is 1. The quantitative estimate of drug-likeness (QED) is 0.847. The van der Waals surface area contributed by atoms with E-state index in [0.717, 1.165) is 25.1 Å². The van der Waals surface area contributed by atoms with Crippen molar-refractivity contribution in [1.82, 2.24) is 10.6 Å². The summed E-state index contributed by atoms with van der Waals surface area (Å²) in [7, 11) is 0. The van der Waals surface area contributed by atoms with Crippen molar-refractivity contribution in [3.8, 4) is 0 Å². The van der Waals surface area contributed by atoms with E-state index in [1.54, 1.807) is 0 Å². The predicted octanol–water partition coefficient (Wildman–Crippen LogP) is 2.29. The van der Waals surface area contributed by atoms with E-state index in [0.29, 0.717) is 5.02 Å². The van der Waals surface area contributed by atoms with Gasteiger partial charge in [0.15, 0.2) is 0 Å². The lowest BCUT2D eigenvalue weighted by Gasteiger charge is -2.38. The lowest BCUT2D eigenvalue weighted by atomic mass is 10.0. The van der Waals surface area contributed by atoms with Crippen molar-refractivity contribution in [2.45, 2.75) is 31.9 Å². The lowest BCUT2D eigenvalue weighted by Crippen LogP contribution is -2.59. The topological polar surface area (TPSA) is 50.4 Å². The van der Waals surface area contributed by atoms with Gasteiger partial charge >= 0.3 is 0 Å². The first kappa shape index (κ1) is 15.3. The monoisotopic (exact) mass is 296 g/mol. The Morgan fingerprint density at radius 1 is 1.55 bits per heavy atom. The van der Waals surface area contributed by atoms with Crippen molar-refractivity contribution in [2.75, 3.05) is 19.7 Å². The first-order valence-corrected chi connectivity index (χ1v) is 7.30. The molecule has 2 N–H and O–H groups in total. The number of halogens is 1. The van der Waals surface area contributed by atoms with Gasteiger partial charge in [0.05, 0.1) is 11.6 Å². The average molecular weight is 297 g/mol. The van der Waals surface area contributed by atoms with Crippen molar-refractivity contribution in [1.29, 1.82) is 0 Å². The number of rotatable bonds is 6. The van der Waals surface area contributed by atoms with Crippen molar-refractivity contribution >= 4 is 17.5 Å². The summed E-state index contributed by atoms with van der Waals surface area (Å²) in [4.78, 5) is 12.0. The fourth-order valence-corrected chi connectivity index (χ4v) is 2.40. The van der Waals surface area contributed by atoms with Crippen LogP contribution in [0.4, 0.5) is 0 Å². The highest BCUT2D eigenvalue weighted by atomic mass is 35.5. The van der Waals surface area contributed by atoms with Crippen LogP contribution in [0.1, 0.15) is 31.9 Å². The van der Waals surface area contributed by atoms with Crippen molar-refractivity contribution in [2.24, 2.45) is 0 Å². The maximum Gasteiger partial charge on any atom is 0.246 e. The average Bonchev–Trinajstić information content (AvgIpc) is 2.40. The van der Waals surface area contributed by atoms with Crippen LogP contribution < -0.4 is 10.6 Å². The molecule has 0 radical (unpaired) electrons. The van der Waals surface area contributed by atoms with Gasteiger partial charge in [-0.2, -0.15) is 0 Å². The second-order valence-corrected chi connectivity index (χ2v) is 5.86. The van der Waals surface area contributed by atoms with Gasteiger partial charge in [-0.05, 0) is 31.0 Å². The van der Waals surface area contributed by atoms with Gasteiger partial charge in [-0.1, -0.05) is 30.7 Å². The van der Waals surface area contributed by atoms with Gasteiger partial charge in [-0.15, -0.1) is 0 Å². The van der Waals surface area contributed by atoms with Crippen molar-refractivity contribution in [3.05, 3.63) is 34.9 Å². The summed E-state index contributed by atoms with van der Waals surface area (Å²) in [5.74, 6) is -0.0926. The maximum atomic E-state index is 12.0. The van der Waals surface area contributed by atoms with Gasteiger partial charge in [0.2, 0.25) is 5.91 Å². The van der Waals surface area contributed by atoms with Gasteiger partial charge in [-0.25, -0.2) is 0 Å². The van der Waals surface area contributed by atoms with Crippen LogP contribution in [0.25, 0.3) is 0 Å². The predicted molar refractivity (Wildman–Crippen MR) is 79.9 cm³/mol. The van der Waals surface area contributed by atoms with E-state index < -0.39 is 0 Å². The molecule has 1 aliphatic rings. The normalized spacial score (nSPS) is 18.1. The van der Waals surface area contributed by atoms with Crippen molar-refractivity contribution < 1.29 is 9.53 Å². The molecule has 1 unspecified atom stereocenters. The molecule has 0 aromatic heterocycles. The van der Waals surface area contributed by atoms with E-state index in [9.17, 15) is 4.79 Å². The number of carbonyl (C=O) groups excluding carboxylic acids is 1. The van der Waals surface area contributed by atoms with E-state index in [1.165, 1.54) is 0 Å². The molecule has 1 saturated heterocycles. The minimum atomic E-state index is -0.199. The second kappa shape index (κ2) is 6.57. The summed E-state index contributed by atoms with van der Waals surface area (Å²) in [6.07, 6.45) is 0.810. The molecule has 1 heterocycles. The summed E-state index contributed by atoms with van der Waals surface area (Å²) in [5.41, 5.74) is 0.819. The van der Waals surface area contributed by atoms with Gasteiger partial charge in [-0.3, -0.25) is 4.79 Å². The summed E-state index contributed by atoms with van der Waals surface area (Å²) in [6.45, 7) is 5.72. The third-order valence-corrected chi connectivity index (χ3v) is 3.78. The third kappa shape index (κ3) is 3.95.